The minimum Gasteiger partial charge on any atom is -0.310 e. The Morgan fingerprint density at radius 3 is 1.49 bits per heavy atom. The van der Waals surface area contributed by atoms with Crippen LogP contribution >= 0.6 is 0 Å². The molecule has 0 bridgehead atoms. The average molecular weight is 927 g/mol. The predicted octanol–water partition coefficient (Wildman–Crippen LogP) is 18.8. The average Bonchev–Trinajstić information content (AvgIpc) is 4.07. The fourth-order valence-electron chi connectivity index (χ4n) is 12.6. The van der Waals surface area contributed by atoms with E-state index in [1.54, 1.807) is 0 Å². The van der Waals surface area contributed by atoms with Crippen molar-refractivity contribution < 1.29 is 0 Å². The molecule has 2 heteroatoms. The highest BCUT2D eigenvalue weighted by atomic mass is 15.1. The summed E-state index contributed by atoms with van der Waals surface area (Å²) in [7, 11) is 0. The van der Waals surface area contributed by atoms with E-state index in [-0.39, 0.29) is 0 Å². The maximum absolute atomic E-state index is 2.50. The lowest BCUT2D eigenvalue weighted by Gasteiger charge is -2.33. The molecule has 0 saturated heterocycles. The molecule has 13 aromatic rings. The molecular formula is C71H46N2. The Labute approximate surface area is 425 Å². The molecule has 1 spiro atoms. The highest BCUT2D eigenvalue weighted by Crippen LogP contribution is 2.63. The van der Waals surface area contributed by atoms with Crippen molar-refractivity contribution in [2.24, 2.45) is 0 Å². The third-order valence-corrected chi connectivity index (χ3v) is 15.8. The van der Waals surface area contributed by atoms with Gasteiger partial charge in [0.1, 0.15) is 0 Å². The fraction of sp³-hybridized carbons (Fsp3) is 0.0141. The van der Waals surface area contributed by atoms with Crippen molar-refractivity contribution in [3.63, 3.8) is 0 Å². The van der Waals surface area contributed by atoms with Gasteiger partial charge in [-0.25, -0.2) is 0 Å². The van der Waals surface area contributed by atoms with E-state index in [1.165, 1.54) is 93.8 Å². The highest BCUT2D eigenvalue weighted by molar-refractivity contribution is 6.11. The van der Waals surface area contributed by atoms with Gasteiger partial charge in [-0.2, -0.15) is 0 Å². The summed E-state index contributed by atoms with van der Waals surface area (Å²) in [6.45, 7) is 0. The number of rotatable bonds is 7. The minimum atomic E-state index is -0.473. The minimum absolute atomic E-state index is 0.473. The van der Waals surface area contributed by atoms with Gasteiger partial charge in [-0.05, 0) is 150 Å². The molecule has 340 valence electrons. The topological polar surface area (TPSA) is 8.17 Å². The first-order valence-electron chi connectivity index (χ1n) is 25.3. The van der Waals surface area contributed by atoms with Crippen LogP contribution in [0.25, 0.3) is 93.9 Å². The number of hydrogen-bond acceptors (Lipinski definition) is 1. The number of anilines is 3. The lowest BCUT2D eigenvalue weighted by atomic mass is 9.70. The molecule has 0 atom stereocenters. The van der Waals surface area contributed by atoms with Crippen molar-refractivity contribution in [1.82, 2.24) is 4.57 Å². The van der Waals surface area contributed by atoms with Crippen molar-refractivity contribution in [2.75, 3.05) is 4.90 Å². The monoisotopic (exact) mass is 926 g/mol. The molecule has 2 aliphatic rings. The van der Waals surface area contributed by atoms with Crippen molar-refractivity contribution in [2.45, 2.75) is 5.41 Å². The second-order valence-electron chi connectivity index (χ2n) is 19.6. The molecule has 12 aromatic carbocycles. The lowest BCUT2D eigenvalue weighted by molar-refractivity contribution is 0.793. The summed E-state index contributed by atoms with van der Waals surface area (Å²) in [5.41, 5.74) is 23.8. The summed E-state index contributed by atoms with van der Waals surface area (Å²) in [6.07, 6.45) is 0. The third-order valence-electron chi connectivity index (χ3n) is 15.8. The van der Waals surface area contributed by atoms with Gasteiger partial charge in [0.2, 0.25) is 0 Å². The zero-order valence-corrected chi connectivity index (χ0v) is 40.0. The molecule has 0 saturated carbocycles. The number of hydrogen-bond donors (Lipinski definition) is 0. The van der Waals surface area contributed by atoms with Gasteiger partial charge in [0.25, 0.3) is 0 Å². The van der Waals surface area contributed by atoms with Crippen LogP contribution < -0.4 is 4.90 Å². The van der Waals surface area contributed by atoms with Crippen LogP contribution in [0.3, 0.4) is 0 Å². The molecule has 1 heterocycles. The molecule has 2 nitrogen and oxygen atoms in total. The van der Waals surface area contributed by atoms with Crippen molar-refractivity contribution in [3.05, 3.63) is 301 Å². The molecule has 15 rings (SSSR count). The molecule has 1 aromatic heterocycles. The van der Waals surface area contributed by atoms with Crippen molar-refractivity contribution in [3.8, 4) is 61.3 Å². The largest absolute Gasteiger partial charge is 0.310 e. The Morgan fingerprint density at radius 1 is 0.274 bits per heavy atom. The van der Waals surface area contributed by atoms with E-state index in [0.717, 1.165) is 39.4 Å². The smallest absolute Gasteiger partial charge is 0.0726 e. The second kappa shape index (κ2) is 16.3. The van der Waals surface area contributed by atoms with Crippen LogP contribution in [0.15, 0.2) is 279 Å². The Bertz CT molecular complexity index is 4250. The van der Waals surface area contributed by atoms with E-state index in [4.69, 9.17) is 0 Å². The van der Waals surface area contributed by atoms with Crippen LogP contribution in [0.4, 0.5) is 17.1 Å². The zero-order valence-electron chi connectivity index (χ0n) is 40.0. The number of para-hydroxylation sites is 3. The molecule has 0 fully saturated rings. The summed E-state index contributed by atoms with van der Waals surface area (Å²) < 4.78 is 2.42. The highest BCUT2D eigenvalue weighted by Gasteiger charge is 2.51. The lowest BCUT2D eigenvalue weighted by Crippen LogP contribution is -2.26. The van der Waals surface area contributed by atoms with Gasteiger partial charge in [0.05, 0.1) is 22.1 Å². The number of aromatic nitrogens is 1. The summed E-state index contributed by atoms with van der Waals surface area (Å²) >= 11 is 0. The standard InChI is InChI=1S/C71H46N2/c1-3-19-54(20-4-1)72(56-39-41-60-59-25-11-15-29-66(59)71(67(60)46-56)64-27-13-9-23-57(64)58-24-10-14-28-65(58)71)69-42-38-52(49-33-31-48(32-34-49)51-36-35-47-17-7-8-18-50(47)43-51)44-63(69)53-37-40-62-61-26-12-16-30-68(61)73(70(62)45-53)55-21-5-2-6-22-55/h1-46H. The molecule has 2 aliphatic carbocycles. The molecule has 73 heavy (non-hydrogen) atoms. The van der Waals surface area contributed by atoms with Crippen molar-refractivity contribution >= 4 is 49.6 Å². The fourth-order valence-corrected chi connectivity index (χ4v) is 12.6. The van der Waals surface area contributed by atoms with Gasteiger partial charge < -0.3 is 9.47 Å². The quantitative estimate of drug-likeness (QED) is 0.155. The maximum Gasteiger partial charge on any atom is 0.0726 e. The van der Waals surface area contributed by atoms with Crippen LogP contribution in [0.1, 0.15) is 22.3 Å². The van der Waals surface area contributed by atoms with Gasteiger partial charge in [0, 0.05) is 33.4 Å². The second-order valence-corrected chi connectivity index (χ2v) is 19.6. The normalized spacial score (nSPS) is 12.8. The van der Waals surface area contributed by atoms with Gasteiger partial charge in [-0.15, -0.1) is 0 Å². The molecule has 0 aliphatic heterocycles. The Morgan fingerprint density at radius 2 is 0.795 bits per heavy atom. The predicted molar refractivity (Wildman–Crippen MR) is 306 cm³/mol. The summed E-state index contributed by atoms with van der Waals surface area (Å²) in [6, 6.07) is 104. The van der Waals surface area contributed by atoms with Gasteiger partial charge in [-0.3, -0.25) is 0 Å². The summed E-state index contributed by atoms with van der Waals surface area (Å²) in [5, 5.41) is 4.96. The van der Waals surface area contributed by atoms with Crippen LogP contribution in [0.5, 0.6) is 0 Å². The van der Waals surface area contributed by atoms with Crippen LogP contribution in [-0.4, -0.2) is 4.57 Å². The van der Waals surface area contributed by atoms with E-state index >= 15 is 0 Å². The summed E-state index contributed by atoms with van der Waals surface area (Å²) in [5.74, 6) is 0. The zero-order chi connectivity index (χ0) is 48.0. The maximum atomic E-state index is 2.50. The number of nitrogens with zero attached hydrogens (tertiary/aromatic N) is 2. The number of benzene rings is 12. The Kier molecular flexibility index (Phi) is 9.21. The van der Waals surface area contributed by atoms with Gasteiger partial charge in [-0.1, -0.05) is 212 Å². The van der Waals surface area contributed by atoms with Gasteiger partial charge in [0.15, 0.2) is 0 Å². The van der Waals surface area contributed by atoms with E-state index in [1.807, 2.05) is 0 Å². The summed E-state index contributed by atoms with van der Waals surface area (Å²) in [4.78, 5) is 2.49. The van der Waals surface area contributed by atoms with Crippen LogP contribution in [-0.2, 0) is 5.41 Å². The van der Waals surface area contributed by atoms with E-state index < -0.39 is 5.41 Å². The SMILES string of the molecule is c1ccc(N(c2ccc3c(c2)C2(c4ccccc4-c4ccccc42)c2ccccc2-3)c2ccc(-c3ccc(-c4ccc5ccccc5c4)cc3)cc2-c2ccc3c4ccccc4n(-c4ccccc4)c3c2)cc1. The Balaban J connectivity index is 0.959. The van der Waals surface area contributed by atoms with Gasteiger partial charge >= 0.3 is 0 Å². The van der Waals surface area contributed by atoms with E-state index in [2.05, 4.69) is 289 Å². The Hall–Kier alpha value is -9.50. The first-order chi connectivity index (χ1) is 36.2. The van der Waals surface area contributed by atoms with Crippen LogP contribution in [0, 0.1) is 0 Å². The molecule has 0 unspecified atom stereocenters. The van der Waals surface area contributed by atoms with E-state index in [9.17, 15) is 0 Å². The number of fused-ring (bicyclic) bond motifs is 14. The molecule has 0 radical (unpaired) electrons. The first-order valence-corrected chi connectivity index (χ1v) is 25.3. The molecule has 0 amide bonds. The van der Waals surface area contributed by atoms with Crippen LogP contribution in [0.2, 0.25) is 0 Å². The molecule has 0 N–H and O–H groups in total. The molecular weight excluding hydrogens is 881 g/mol. The van der Waals surface area contributed by atoms with Crippen molar-refractivity contribution in [1.29, 1.82) is 0 Å². The third kappa shape index (κ3) is 6.24. The van der Waals surface area contributed by atoms with E-state index in [0.29, 0.717) is 0 Å². The first kappa shape index (κ1) is 41.3.